The van der Waals surface area contributed by atoms with Crippen LogP contribution in [0.3, 0.4) is 0 Å². The summed E-state index contributed by atoms with van der Waals surface area (Å²) >= 11 is 0. The summed E-state index contributed by atoms with van der Waals surface area (Å²) in [6.07, 6.45) is 4.32. The molecule has 1 aromatic carbocycles. The van der Waals surface area contributed by atoms with E-state index in [2.05, 4.69) is 0 Å². The van der Waals surface area contributed by atoms with Crippen LogP contribution in [0.2, 0.25) is 0 Å². The number of aliphatic hydroxyl groups is 1. The highest BCUT2D eigenvalue weighted by atomic mass is 16.5. The van der Waals surface area contributed by atoms with Crippen molar-refractivity contribution in [3.63, 3.8) is 0 Å². The first-order valence-electron chi connectivity index (χ1n) is 6.18. The molecule has 96 valence electrons. The minimum atomic E-state index is -1.37. The van der Waals surface area contributed by atoms with Gasteiger partial charge in [-0.2, -0.15) is 0 Å². The van der Waals surface area contributed by atoms with Crippen LogP contribution in [0.15, 0.2) is 42.5 Å². The van der Waals surface area contributed by atoms with E-state index in [9.17, 15) is 9.90 Å². The molecule has 1 aliphatic rings. The highest BCUT2D eigenvalue weighted by molar-refractivity contribution is 5.86. The predicted octanol–water partition coefficient (Wildman–Crippen LogP) is 2.24. The summed E-state index contributed by atoms with van der Waals surface area (Å²) in [5, 5.41) is 10.4. The zero-order valence-corrected chi connectivity index (χ0v) is 10.5. The molecular formula is C15H18O3. The number of rotatable bonds is 4. The summed E-state index contributed by atoms with van der Waals surface area (Å²) in [5.41, 5.74) is -0.342. The largest absolute Gasteiger partial charge is 0.379 e. The van der Waals surface area contributed by atoms with Crippen molar-refractivity contribution in [1.29, 1.82) is 0 Å². The van der Waals surface area contributed by atoms with Crippen molar-refractivity contribution in [1.82, 2.24) is 0 Å². The van der Waals surface area contributed by atoms with Crippen LogP contribution in [0.5, 0.6) is 0 Å². The van der Waals surface area contributed by atoms with Crippen LogP contribution in [0.25, 0.3) is 0 Å². The lowest BCUT2D eigenvalue weighted by atomic mass is 9.83. The average molecular weight is 246 g/mol. The van der Waals surface area contributed by atoms with Gasteiger partial charge in [0.05, 0.1) is 6.61 Å². The molecule has 3 heteroatoms. The molecule has 0 amide bonds. The molecule has 0 saturated heterocycles. The lowest BCUT2D eigenvalue weighted by Crippen LogP contribution is -2.50. The molecule has 18 heavy (non-hydrogen) atoms. The van der Waals surface area contributed by atoms with Crippen LogP contribution in [-0.2, 0) is 16.1 Å². The van der Waals surface area contributed by atoms with Crippen molar-refractivity contribution in [3.05, 3.63) is 48.0 Å². The zero-order chi connectivity index (χ0) is 13.0. The van der Waals surface area contributed by atoms with Gasteiger partial charge in [-0.3, -0.25) is 4.79 Å². The van der Waals surface area contributed by atoms with Crippen LogP contribution >= 0.6 is 0 Å². The first-order valence-corrected chi connectivity index (χ1v) is 6.18. The number of ether oxygens (including phenoxy) is 1. The van der Waals surface area contributed by atoms with E-state index in [1.807, 2.05) is 36.4 Å². The van der Waals surface area contributed by atoms with Gasteiger partial charge in [-0.15, -0.1) is 0 Å². The maximum atomic E-state index is 11.6. The molecule has 1 aliphatic carbocycles. The lowest BCUT2D eigenvalue weighted by molar-refractivity contribution is -0.152. The molecule has 1 N–H and O–H groups in total. The summed E-state index contributed by atoms with van der Waals surface area (Å²) in [4.78, 5) is 11.6. The van der Waals surface area contributed by atoms with E-state index in [0.29, 0.717) is 19.4 Å². The molecule has 1 aromatic rings. The molecule has 0 saturated carbocycles. The summed E-state index contributed by atoms with van der Waals surface area (Å²) in [7, 11) is 0. The third kappa shape index (κ3) is 2.68. The normalized spacial score (nSPS) is 27.1. The van der Waals surface area contributed by atoms with E-state index < -0.39 is 11.7 Å². The molecule has 0 radical (unpaired) electrons. The molecule has 0 spiro atoms. The molecule has 0 unspecified atom stereocenters. The van der Waals surface area contributed by atoms with Gasteiger partial charge in [-0.05, 0) is 25.3 Å². The zero-order valence-electron chi connectivity index (χ0n) is 10.5. The summed E-state index contributed by atoms with van der Waals surface area (Å²) in [6, 6.07) is 9.73. The minimum Gasteiger partial charge on any atom is -0.379 e. The Balaban J connectivity index is 2.05. The van der Waals surface area contributed by atoms with Crippen molar-refractivity contribution in [2.75, 3.05) is 0 Å². The van der Waals surface area contributed by atoms with Gasteiger partial charge in [-0.1, -0.05) is 42.5 Å². The summed E-state index contributed by atoms with van der Waals surface area (Å²) < 4.78 is 5.69. The number of carbonyl (C=O) groups excluding carboxylic acids is 1. The van der Waals surface area contributed by atoms with Crippen molar-refractivity contribution < 1.29 is 14.6 Å². The Kier molecular flexibility index (Phi) is 3.94. The molecule has 2 atom stereocenters. The fraction of sp³-hybridized carbons (Fsp3) is 0.400. The van der Waals surface area contributed by atoms with Gasteiger partial charge in [0.2, 0.25) is 0 Å². The first kappa shape index (κ1) is 13.0. The summed E-state index contributed by atoms with van der Waals surface area (Å²) in [5.74, 6) is -0.232. The monoisotopic (exact) mass is 246 g/mol. The van der Waals surface area contributed by atoms with Crippen molar-refractivity contribution >= 4 is 5.78 Å². The Hall–Kier alpha value is -1.45. The standard InChI is InChI=1S/C15H18O3/c1-12(16)15(17)10-6-5-9-14(15)18-11-13-7-3-2-4-8-13/h2-5,7-9,14,17H,6,10-11H2,1H3/t14-,15-/m1/s1. The van der Waals surface area contributed by atoms with E-state index in [-0.39, 0.29) is 5.78 Å². The third-order valence-corrected chi connectivity index (χ3v) is 3.36. The van der Waals surface area contributed by atoms with E-state index >= 15 is 0 Å². The number of ketones is 1. The Morgan fingerprint density at radius 2 is 2.17 bits per heavy atom. The number of carbonyl (C=O) groups is 1. The van der Waals surface area contributed by atoms with Crippen molar-refractivity contribution in [3.8, 4) is 0 Å². The third-order valence-electron chi connectivity index (χ3n) is 3.36. The van der Waals surface area contributed by atoms with Crippen molar-refractivity contribution in [2.24, 2.45) is 0 Å². The molecular weight excluding hydrogens is 228 g/mol. The lowest BCUT2D eigenvalue weighted by Gasteiger charge is -2.34. The van der Waals surface area contributed by atoms with Crippen LogP contribution in [0.1, 0.15) is 25.3 Å². The second kappa shape index (κ2) is 5.46. The predicted molar refractivity (Wildman–Crippen MR) is 69.0 cm³/mol. The number of benzene rings is 1. The maximum Gasteiger partial charge on any atom is 0.164 e. The van der Waals surface area contributed by atoms with Crippen LogP contribution in [-0.4, -0.2) is 22.6 Å². The molecule has 3 nitrogen and oxygen atoms in total. The minimum absolute atomic E-state index is 0.232. The summed E-state index contributed by atoms with van der Waals surface area (Å²) in [6.45, 7) is 1.81. The van der Waals surface area contributed by atoms with Gasteiger partial charge < -0.3 is 9.84 Å². The fourth-order valence-corrected chi connectivity index (χ4v) is 2.15. The van der Waals surface area contributed by atoms with E-state index in [0.717, 1.165) is 5.56 Å². The van der Waals surface area contributed by atoms with Crippen molar-refractivity contribution in [2.45, 2.75) is 38.1 Å². The number of Topliss-reactive ketones (excluding diaryl/α,β-unsaturated/α-hetero) is 1. The topological polar surface area (TPSA) is 46.5 Å². The van der Waals surface area contributed by atoms with Gasteiger partial charge >= 0.3 is 0 Å². The molecule has 0 bridgehead atoms. The van der Waals surface area contributed by atoms with Gasteiger partial charge in [-0.25, -0.2) is 0 Å². The van der Waals surface area contributed by atoms with E-state index in [1.54, 1.807) is 6.08 Å². The van der Waals surface area contributed by atoms with E-state index in [1.165, 1.54) is 6.92 Å². The van der Waals surface area contributed by atoms with Gasteiger partial charge in [0.1, 0.15) is 6.10 Å². The quantitative estimate of drug-likeness (QED) is 0.829. The molecule has 0 aliphatic heterocycles. The second-order valence-corrected chi connectivity index (χ2v) is 4.66. The number of allylic oxidation sites excluding steroid dienone is 1. The van der Waals surface area contributed by atoms with Gasteiger partial charge in [0, 0.05) is 0 Å². The SMILES string of the molecule is CC(=O)[C@]1(O)CCC=C[C@H]1OCc1ccccc1. The Labute approximate surface area is 107 Å². The maximum absolute atomic E-state index is 11.6. The Bertz CT molecular complexity index is 438. The first-order chi connectivity index (χ1) is 8.63. The van der Waals surface area contributed by atoms with Crippen LogP contribution in [0, 0.1) is 0 Å². The smallest absolute Gasteiger partial charge is 0.164 e. The van der Waals surface area contributed by atoms with Crippen LogP contribution < -0.4 is 0 Å². The molecule has 2 rings (SSSR count). The number of hydrogen-bond donors (Lipinski definition) is 1. The number of hydrogen-bond acceptors (Lipinski definition) is 3. The molecule has 0 aromatic heterocycles. The van der Waals surface area contributed by atoms with E-state index in [4.69, 9.17) is 4.74 Å². The average Bonchev–Trinajstić information content (AvgIpc) is 2.39. The Morgan fingerprint density at radius 1 is 1.44 bits per heavy atom. The highest BCUT2D eigenvalue weighted by Crippen LogP contribution is 2.28. The molecule has 0 heterocycles. The van der Waals surface area contributed by atoms with Gasteiger partial charge in [0.15, 0.2) is 11.4 Å². The second-order valence-electron chi connectivity index (χ2n) is 4.66. The Morgan fingerprint density at radius 3 is 2.83 bits per heavy atom. The van der Waals surface area contributed by atoms with Crippen LogP contribution in [0.4, 0.5) is 0 Å². The highest BCUT2D eigenvalue weighted by Gasteiger charge is 2.41. The molecule has 0 fully saturated rings. The fourth-order valence-electron chi connectivity index (χ4n) is 2.15. The van der Waals surface area contributed by atoms with Gasteiger partial charge in [0.25, 0.3) is 0 Å².